The van der Waals surface area contributed by atoms with Crippen LogP contribution >= 0.6 is 0 Å². The summed E-state index contributed by atoms with van der Waals surface area (Å²) >= 11 is 0. The number of hydrogen-bond acceptors (Lipinski definition) is 11. The molecule has 0 saturated carbocycles. The van der Waals surface area contributed by atoms with Crippen LogP contribution in [0, 0.1) is 27.7 Å². The molecular formula is C28H29FeO12S4. The van der Waals surface area contributed by atoms with Crippen LogP contribution in [-0.4, -0.2) is 51.9 Å². The predicted molar refractivity (Wildman–Crippen MR) is 158 cm³/mol. The molecule has 0 aromatic heterocycles. The molecule has 0 unspecified atom stereocenters. The van der Waals surface area contributed by atoms with Crippen molar-refractivity contribution in [3.05, 3.63) is 119 Å². The molecule has 12 nitrogen and oxygen atoms in total. The van der Waals surface area contributed by atoms with Gasteiger partial charge in [-0.05, 0) is 76.2 Å². The van der Waals surface area contributed by atoms with E-state index in [1.165, 1.54) is 48.5 Å². The fraction of sp³-hybridized carbons (Fsp3) is 0.143. The topological polar surface area (TPSA) is 226 Å². The molecule has 0 bridgehead atoms. The fourth-order valence-corrected chi connectivity index (χ4v) is 4.71. The maximum absolute atomic E-state index is 10.5. The number of aryl methyl sites for hydroxylation is 4. The van der Waals surface area contributed by atoms with Gasteiger partial charge in [0.2, 0.25) is 0 Å². The smallest absolute Gasteiger partial charge is 0.744 e. The van der Waals surface area contributed by atoms with Crippen LogP contribution in [-0.2, 0) is 57.5 Å². The van der Waals surface area contributed by atoms with Crippen LogP contribution in [0.2, 0.25) is 0 Å². The van der Waals surface area contributed by atoms with Crippen LogP contribution in [0.25, 0.3) is 0 Å². The van der Waals surface area contributed by atoms with Crippen molar-refractivity contribution in [1.29, 1.82) is 0 Å². The molecule has 0 fully saturated rings. The number of rotatable bonds is 4. The normalized spacial score (nSPS) is 11.2. The monoisotopic (exact) mass is 741 g/mol. The third-order valence-corrected chi connectivity index (χ3v) is 8.66. The third kappa shape index (κ3) is 16.8. The van der Waals surface area contributed by atoms with Crippen molar-refractivity contribution in [1.82, 2.24) is 0 Å². The third-order valence-electron chi connectivity index (χ3n) is 5.25. The van der Waals surface area contributed by atoms with Gasteiger partial charge in [0.25, 0.3) is 10.1 Å². The Morgan fingerprint density at radius 3 is 0.667 bits per heavy atom. The zero-order valence-electron chi connectivity index (χ0n) is 24.2. The molecule has 245 valence electrons. The molecule has 4 rings (SSSR count). The fourth-order valence-electron chi connectivity index (χ4n) is 2.83. The van der Waals surface area contributed by atoms with Crippen molar-refractivity contribution < 1.29 is 69.0 Å². The summed E-state index contributed by atoms with van der Waals surface area (Å²) < 4.78 is 123. The molecule has 1 radical (unpaired) electrons. The Balaban J connectivity index is 0.000000569. The molecule has 0 atom stereocenters. The molecule has 45 heavy (non-hydrogen) atoms. The van der Waals surface area contributed by atoms with E-state index >= 15 is 0 Å². The van der Waals surface area contributed by atoms with E-state index in [-0.39, 0.29) is 36.7 Å². The minimum atomic E-state index is -4.27. The summed E-state index contributed by atoms with van der Waals surface area (Å²) in [5.41, 5.74) is 3.74. The van der Waals surface area contributed by atoms with E-state index in [0.717, 1.165) is 22.3 Å². The molecule has 0 aliphatic heterocycles. The Morgan fingerprint density at radius 2 is 0.533 bits per heavy atom. The Bertz CT molecular complexity index is 1650. The van der Waals surface area contributed by atoms with Crippen molar-refractivity contribution in [3.8, 4) is 0 Å². The first-order valence-electron chi connectivity index (χ1n) is 12.1. The quantitative estimate of drug-likeness (QED) is 0.232. The largest absolute Gasteiger partial charge is 3.00 e. The second kappa shape index (κ2) is 17.7. The molecule has 0 aliphatic rings. The maximum atomic E-state index is 10.5. The predicted octanol–water partition coefficient (Wildman–Crippen LogP) is 3.94. The van der Waals surface area contributed by atoms with Gasteiger partial charge in [-0.3, -0.25) is 4.55 Å². The molecule has 0 amide bonds. The summed E-state index contributed by atoms with van der Waals surface area (Å²) in [6.07, 6.45) is 0. The summed E-state index contributed by atoms with van der Waals surface area (Å²) in [6, 6.07) is 23.3. The van der Waals surface area contributed by atoms with Crippen LogP contribution in [0.3, 0.4) is 0 Å². The van der Waals surface area contributed by atoms with Gasteiger partial charge in [-0.25, -0.2) is 25.3 Å². The van der Waals surface area contributed by atoms with Crippen molar-refractivity contribution in [3.63, 3.8) is 0 Å². The Labute approximate surface area is 274 Å². The molecule has 17 heteroatoms. The molecule has 4 aromatic rings. The molecular weight excluding hydrogens is 712 g/mol. The van der Waals surface area contributed by atoms with Gasteiger partial charge in [0, 0.05) is 0 Å². The SMILES string of the molecule is Cc1ccc(S(=O)(=O)O)cc1.Cc1ccc(S(=O)(=O)[O-])cc1.Cc1ccc(S(=O)(=O)[O-])cc1.Cc1ccc(S(=O)(=O)[O-])cc1.[Fe+3]. The van der Waals surface area contributed by atoms with Gasteiger partial charge >= 0.3 is 17.1 Å². The average Bonchev–Trinajstić information content (AvgIpc) is 2.89. The van der Waals surface area contributed by atoms with E-state index in [1.54, 1.807) is 48.5 Å². The summed E-state index contributed by atoms with van der Waals surface area (Å²) in [5, 5.41) is 0. The van der Waals surface area contributed by atoms with E-state index in [2.05, 4.69) is 0 Å². The van der Waals surface area contributed by atoms with Crippen molar-refractivity contribution >= 4 is 40.5 Å². The Hall–Kier alpha value is -2.96. The van der Waals surface area contributed by atoms with Crippen LogP contribution in [0.4, 0.5) is 0 Å². The molecule has 0 spiro atoms. The van der Waals surface area contributed by atoms with Crippen LogP contribution < -0.4 is 0 Å². The first kappa shape index (κ1) is 42.0. The minimum absolute atomic E-state index is 0. The van der Waals surface area contributed by atoms with E-state index in [1.807, 2.05) is 27.7 Å². The number of benzene rings is 4. The Morgan fingerprint density at radius 1 is 0.378 bits per heavy atom. The van der Waals surface area contributed by atoms with Crippen LogP contribution in [0.15, 0.2) is 117 Å². The average molecular weight is 742 g/mol. The molecule has 0 saturated heterocycles. The van der Waals surface area contributed by atoms with E-state index in [4.69, 9.17) is 4.55 Å². The van der Waals surface area contributed by atoms with Gasteiger partial charge in [0.15, 0.2) is 0 Å². The van der Waals surface area contributed by atoms with Gasteiger partial charge in [-0.1, -0.05) is 70.8 Å². The van der Waals surface area contributed by atoms with Gasteiger partial charge in [-0.2, -0.15) is 8.42 Å². The summed E-state index contributed by atoms with van der Waals surface area (Å²) in [4.78, 5) is -0.600. The zero-order chi connectivity index (χ0) is 33.9. The minimum Gasteiger partial charge on any atom is -0.744 e. The van der Waals surface area contributed by atoms with E-state index in [0.29, 0.717) is 0 Å². The number of hydrogen-bond donors (Lipinski definition) is 1. The summed E-state index contributed by atoms with van der Waals surface area (Å²) in [6.45, 7) is 7.30. The van der Waals surface area contributed by atoms with Crippen molar-refractivity contribution in [2.24, 2.45) is 0 Å². The van der Waals surface area contributed by atoms with Gasteiger partial charge in [0.05, 0.1) is 19.6 Å². The van der Waals surface area contributed by atoms with Crippen LogP contribution in [0.5, 0.6) is 0 Å². The second-order valence-corrected chi connectivity index (χ2v) is 14.7. The standard InChI is InChI=1S/4C7H8O3S.Fe/c4*1-6-2-4-7(5-3-6)11(8,9)10;/h4*2-5H,1H3,(H,8,9,10);/q;;;;+3/p-3. The van der Waals surface area contributed by atoms with Gasteiger partial charge in [0.1, 0.15) is 30.4 Å². The maximum Gasteiger partial charge on any atom is 3.00 e. The van der Waals surface area contributed by atoms with Crippen LogP contribution in [0.1, 0.15) is 22.3 Å². The first-order valence-corrected chi connectivity index (χ1v) is 17.8. The molecule has 0 heterocycles. The van der Waals surface area contributed by atoms with Crippen molar-refractivity contribution in [2.45, 2.75) is 47.3 Å². The molecule has 0 aliphatic carbocycles. The second-order valence-electron chi connectivity index (χ2n) is 9.09. The van der Waals surface area contributed by atoms with E-state index < -0.39 is 40.5 Å². The van der Waals surface area contributed by atoms with Gasteiger partial charge in [-0.15, -0.1) is 0 Å². The molecule has 1 N–H and O–H groups in total. The summed E-state index contributed by atoms with van der Waals surface area (Å²) in [7, 11) is -16.8. The van der Waals surface area contributed by atoms with Crippen molar-refractivity contribution in [2.75, 3.05) is 0 Å². The molecule has 4 aromatic carbocycles. The first-order chi connectivity index (χ1) is 20.0. The van der Waals surface area contributed by atoms with E-state index in [9.17, 15) is 47.3 Å². The Kier molecular flexibility index (Phi) is 16.5. The van der Waals surface area contributed by atoms with Gasteiger partial charge < -0.3 is 13.7 Å². The zero-order valence-corrected chi connectivity index (χ0v) is 28.5. The summed E-state index contributed by atoms with van der Waals surface area (Å²) in [5.74, 6) is 0.